The van der Waals surface area contributed by atoms with Gasteiger partial charge < -0.3 is 20.7 Å². The molecule has 6 rings (SSSR count). The van der Waals surface area contributed by atoms with Gasteiger partial charge in [0.15, 0.2) is 0 Å². The number of piperidine rings is 1. The predicted molar refractivity (Wildman–Crippen MR) is 198 cm³/mol. The number of halogens is 2. The second-order valence-electron chi connectivity index (χ2n) is 13.0. The molecule has 51 heavy (non-hydrogen) atoms. The van der Waals surface area contributed by atoms with Crippen LogP contribution in [0.2, 0.25) is 10.0 Å². The van der Waals surface area contributed by atoms with E-state index in [1.54, 1.807) is 18.2 Å². The summed E-state index contributed by atoms with van der Waals surface area (Å²) in [6.45, 7) is 3.53. The summed E-state index contributed by atoms with van der Waals surface area (Å²) in [5.74, 6) is 0.333. The molecule has 0 bridgehead atoms. The smallest absolute Gasteiger partial charge is 0.245 e. The molecule has 14 heteroatoms. The van der Waals surface area contributed by atoms with Crippen LogP contribution in [0, 0.1) is 18.3 Å². The first-order chi connectivity index (χ1) is 24.4. The normalized spacial score (nSPS) is 17.1. The number of hydrogen-bond acceptors (Lipinski definition) is 7. The number of fused-ring (bicyclic) bond motifs is 1. The van der Waals surface area contributed by atoms with Crippen LogP contribution in [0.5, 0.6) is 5.75 Å². The number of nitrogens with zero attached hydrogens (tertiary/aromatic N) is 3. The van der Waals surface area contributed by atoms with Gasteiger partial charge in [0.2, 0.25) is 21.8 Å². The maximum atomic E-state index is 14.0. The van der Waals surface area contributed by atoms with Crippen molar-refractivity contribution in [3.8, 4) is 5.75 Å². The van der Waals surface area contributed by atoms with Crippen LogP contribution in [0.1, 0.15) is 48.1 Å². The summed E-state index contributed by atoms with van der Waals surface area (Å²) in [5, 5.41) is 11.6. The third-order valence-corrected chi connectivity index (χ3v) is 12.4. The van der Waals surface area contributed by atoms with Crippen molar-refractivity contribution in [3.63, 3.8) is 0 Å². The Morgan fingerprint density at radius 1 is 1.00 bits per heavy atom. The van der Waals surface area contributed by atoms with Crippen molar-refractivity contribution in [3.05, 3.63) is 99.2 Å². The number of nitrogen functional groups attached to an aromatic ring is 1. The molecule has 0 unspecified atom stereocenters. The lowest BCUT2D eigenvalue weighted by atomic mass is 9.96. The number of rotatable bonds is 11. The number of para-hydroxylation sites is 1. The van der Waals surface area contributed by atoms with E-state index in [1.807, 2.05) is 48.2 Å². The van der Waals surface area contributed by atoms with E-state index >= 15 is 0 Å². The zero-order valence-electron chi connectivity index (χ0n) is 28.2. The van der Waals surface area contributed by atoms with E-state index in [-0.39, 0.29) is 58.1 Å². The molecule has 0 radical (unpaired) electrons. The maximum Gasteiger partial charge on any atom is 0.245 e. The van der Waals surface area contributed by atoms with Crippen molar-refractivity contribution in [2.45, 2.75) is 56.6 Å². The molecule has 0 saturated carbocycles. The van der Waals surface area contributed by atoms with Crippen molar-refractivity contribution < 1.29 is 22.7 Å². The molecular weight excluding hydrogens is 711 g/mol. The number of likely N-dealkylation sites (tertiary alicyclic amines) is 1. The molecule has 4 N–H and O–H groups in total. The fourth-order valence-corrected chi connectivity index (χ4v) is 9.17. The molecule has 2 amide bonds. The van der Waals surface area contributed by atoms with E-state index in [2.05, 4.69) is 10.3 Å². The highest BCUT2D eigenvalue weighted by Crippen LogP contribution is 2.36. The summed E-state index contributed by atoms with van der Waals surface area (Å²) in [7, 11) is -4.17. The van der Waals surface area contributed by atoms with Gasteiger partial charge in [0, 0.05) is 53.4 Å². The minimum absolute atomic E-state index is 0.0167. The standard InChI is InChI=1S/C37H40Cl2N6O5S/c1-23-7-10-26-4-2-6-31(35(26)43-23)50-22-28-29(38)13-14-32(34(28)39)51(48,49)45-17-3-5-30(45)37(47)42-21-25-15-18-44(19-16-25)33(46)20-24-8-11-27(12-9-24)36(40)41/h2,4,6-14,25,30H,3,5,15-22H2,1H3,(H3,40,41)(H,42,47)/t30-/m0/s1. The Bertz CT molecular complexity index is 2070. The summed E-state index contributed by atoms with van der Waals surface area (Å²) >= 11 is 13.3. The van der Waals surface area contributed by atoms with E-state index in [9.17, 15) is 18.0 Å². The average Bonchev–Trinajstić information content (AvgIpc) is 3.62. The lowest BCUT2D eigenvalue weighted by molar-refractivity contribution is -0.132. The van der Waals surface area contributed by atoms with E-state index in [0.717, 1.165) is 29.5 Å². The number of aromatic nitrogens is 1. The number of ether oxygens (including phenoxy) is 1. The van der Waals surface area contributed by atoms with Crippen LogP contribution in [0.15, 0.2) is 71.6 Å². The molecule has 268 valence electrons. The highest BCUT2D eigenvalue weighted by Gasteiger charge is 2.41. The van der Waals surface area contributed by atoms with Crippen LogP contribution in [0.4, 0.5) is 0 Å². The van der Waals surface area contributed by atoms with E-state index in [4.69, 9.17) is 39.1 Å². The number of carbonyl (C=O) groups excluding carboxylic acids is 2. The minimum Gasteiger partial charge on any atom is -0.487 e. The first-order valence-electron chi connectivity index (χ1n) is 16.9. The number of sulfonamides is 1. The Kier molecular flexibility index (Phi) is 11.2. The number of hydrogen-bond donors (Lipinski definition) is 3. The molecule has 0 aliphatic carbocycles. The van der Waals surface area contributed by atoms with Crippen LogP contribution in [0.25, 0.3) is 10.9 Å². The van der Waals surface area contributed by atoms with Crippen molar-refractivity contribution in [1.29, 1.82) is 5.41 Å². The Balaban J connectivity index is 1.05. The average molecular weight is 752 g/mol. The number of carbonyl (C=O) groups is 2. The van der Waals surface area contributed by atoms with Crippen molar-refractivity contribution in [2.24, 2.45) is 11.7 Å². The van der Waals surface area contributed by atoms with Gasteiger partial charge in [-0.3, -0.25) is 15.0 Å². The van der Waals surface area contributed by atoms with Gasteiger partial charge in [-0.2, -0.15) is 4.31 Å². The van der Waals surface area contributed by atoms with Crippen LogP contribution in [-0.4, -0.2) is 72.5 Å². The number of nitrogens with one attached hydrogen (secondary N) is 2. The van der Waals surface area contributed by atoms with Crippen LogP contribution >= 0.6 is 23.2 Å². The molecule has 4 aromatic rings. The van der Waals surface area contributed by atoms with Crippen LogP contribution in [0.3, 0.4) is 0 Å². The van der Waals surface area contributed by atoms with Gasteiger partial charge >= 0.3 is 0 Å². The highest BCUT2D eigenvalue weighted by molar-refractivity contribution is 7.89. The molecule has 1 aromatic heterocycles. The van der Waals surface area contributed by atoms with E-state index < -0.39 is 16.1 Å². The van der Waals surface area contributed by atoms with E-state index in [0.29, 0.717) is 54.9 Å². The van der Waals surface area contributed by atoms with Gasteiger partial charge in [-0.05, 0) is 68.4 Å². The maximum absolute atomic E-state index is 14.0. The van der Waals surface area contributed by atoms with Gasteiger partial charge in [0.1, 0.15) is 34.6 Å². The van der Waals surface area contributed by atoms with Gasteiger partial charge in [-0.15, -0.1) is 0 Å². The lowest BCUT2D eigenvalue weighted by Gasteiger charge is -2.32. The summed E-state index contributed by atoms with van der Waals surface area (Å²) in [6, 6.07) is 18.5. The summed E-state index contributed by atoms with van der Waals surface area (Å²) in [5.41, 5.74) is 8.81. The lowest BCUT2D eigenvalue weighted by Crippen LogP contribution is -2.48. The Morgan fingerprint density at radius 3 is 2.47 bits per heavy atom. The molecule has 3 aromatic carbocycles. The number of amides is 2. The molecule has 0 spiro atoms. The first-order valence-corrected chi connectivity index (χ1v) is 19.1. The second kappa shape index (κ2) is 15.6. The number of aryl methyl sites for hydroxylation is 1. The van der Waals surface area contributed by atoms with Crippen LogP contribution in [-0.2, 0) is 32.6 Å². The minimum atomic E-state index is -4.17. The Morgan fingerprint density at radius 2 is 1.75 bits per heavy atom. The summed E-state index contributed by atoms with van der Waals surface area (Å²) in [6.07, 6.45) is 2.63. The Hall–Kier alpha value is -4.23. The molecule has 2 aliphatic heterocycles. The molecule has 11 nitrogen and oxygen atoms in total. The molecule has 2 saturated heterocycles. The third-order valence-electron chi connectivity index (χ3n) is 9.59. The number of amidine groups is 1. The molecular formula is C37H40Cl2N6O5S. The molecule has 2 aliphatic rings. The number of pyridine rings is 1. The van der Waals surface area contributed by atoms with Gasteiger partial charge in [0.05, 0.1) is 11.4 Å². The van der Waals surface area contributed by atoms with Gasteiger partial charge in [0.25, 0.3) is 0 Å². The fraction of sp³-hybridized carbons (Fsp3) is 0.351. The summed E-state index contributed by atoms with van der Waals surface area (Å²) < 4.78 is 35.3. The van der Waals surface area contributed by atoms with Crippen molar-refractivity contribution >= 4 is 61.8 Å². The van der Waals surface area contributed by atoms with Gasteiger partial charge in [-0.1, -0.05) is 65.7 Å². The van der Waals surface area contributed by atoms with E-state index in [1.165, 1.54) is 16.4 Å². The highest BCUT2D eigenvalue weighted by atomic mass is 35.5. The van der Waals surface area contributed by atoms with Gasteiger partial charge in [-0.25, -0.2) is 13.4 Å². The van der Waals surface area contributed by atoms with Crippen LogP contribution < -0.4 is 15.8 Å². The zero-order valence-corrected chi connectivity index (χ0v) is 30.5. The second-order valence-corrected chi connectivity index (χ2v) is 15.7. The molecule has 2 fully saturated rings. The number of nitrogens with two attached hydrogens (primary N) is 1. The van der Waals surface area contributed by atoms with Crippen molar-refractivity contribution in [1.82, 2.24) is 19.5 Å². The van der Waals surface area contributed by atoms with Crippen molar-refractivity contribution in [2.75, 3.05) is 26.2 Å². The Labute approximate surface area is 307 Å². The SMILES string of the molecule is Cc1ccc2cccc(OCc3c(Cl)ccc(S(=O)(=O)N4CCC[C@H]4C(=O)NCC4CCN(C(=O)Cc5ccc(C(=N)N)cc5)CC4)c3Cl)c2n1. The number of benzene rings is 3. The topological polar surface area (TPSA) is 159 Å². The first kappa shape index (κ1) is 36.6. The fourth-order valence-electron chi connectivity index (χ4n) is 6.65. The quantitative estimate of drug-likeness (QED) is 0.136. The zero-order chi connectivity index (χ0) is 36.3. The monoisotopic (exact) mass is 750 g/mol. The predicted octanol–water partition coefficient (Wildman–Crippen LogP) is 5.46. The largest absolute Gasteiger partial charge is 0.487 e. The molecule has 1 atom stereocenters. The molecule has 3 heterocycles. The third kappa shape index (κ3) is 8.14. The summed E-state index contributed by atoms with van der Waals surface area (Å²) in [4.78, 5) is 32.6.